The Hall–Kier alpha value is -2.09. The van der Waals surface area contributed by atoms with Gasteiger partial charge < -0.3 is 9.72 Å². The van der Waals surface area contributed by atoms with Gasteiger partial charge >= 0.3 is 17.0 Å². The van der Waals surface area contributed by atoms with Crippen molar-refractivity contribution in [3.63, 3.8) is 0 Å². The van der Waals surface area contributed by atoms with Gasteiger partial charge in [-0.3, -0.25) is 4.79 Å². The number of alkyl halides is 3. The Morgan fingerprint density at radius 1 is 1.38 bits per heavy atom. The van der Waals surface area contributed by atoms with Gasteiger partial charge in [0.15, 0.2) is 0 Å². The third kappa shape index (κ3) is 3.33. The Kier molecular flexibility index (Phi) is 4.17. The van der Waals surface area contributed by atoms with E-state index in [1.165, 1.54) is 12.1 Å². The molecule has 2 rings (SSSR count). The van der Waals surface area contributed by atoms with E-state index in [4.69, 9.17) is 4.74 Å². The highest BCUT2D eigenvalue weighted by atomic mass is 32.1. The van der Waals surface area contributed by atoms with Gasteiger partial charge in [0.1, 0.15) is 4.88 Å². The lowest BCUT2D eigenvalue weighted by molar-refractivity contribution is -0.137. The van der Waals surface area contributed by atoms with Crippen LogP contribution >= 0.6 is 11.3 Å². The highest BCUT2D eigenvalue weighted by Gasteiger charge is 2.31. The molecule has 1 N–H and O–H groups in total. The van der Waals surface area contributed by atoms with Gasteiger partial charge in [0.05, 0.1) is 17.9 Å². The molecule has 0 radical (unpaired) electrons. The smallest absolute Gasteiger partial charge is 0.416 e. The van der Waals surface area contributed by atoms with Crippen LogP contribution < -0.4 is 4.87 Å². The van der Waals surface area contributed by atoms with E-state index in [0.717, 1.165) is 12.1 Å². The van der Waals surface area contributed by atoms with E-state index in [1.807, 2.05) is 0 Å². The number of hydrogen-bond donors (Lipinski definition) is 1. The number of aromatic nitrogens is 1. The first kappa shape index (κ1) is 15.3. The summed E-state index contributed by atoms with van der Waals surface area (Å²) >= 11 is 0.604. The van der Waals surface area contributed by atoms with E-state index in [-0.39, 0.29) is 22.7 Å². The maximum Gasteiger partial charge on any atom is 0.416 e. The number of carbonyl (C=O) groups excluding carboxylic acids is 1. The van der Waals surface area contributed by atoms with Crippen LogP contribution in [0.25, 0.3) is 11.3 Å². The van der Waals surface area contributed by atoms with E-state index in [2.05, 4.69) is 4.98 Å². The number of H-pyrrole nitrogens is 1. The van der Waals surface area contributed by atoms with Crippen molar-refractivity contribution < 1.29 is 22.7 Å². The number of benzene rings is 1. The molecule has 1 aromatic heterocycles. The lowest BCUT2D eigenvalue weighted by Gasteiger charge is -2.08. The maximum absolute atomic E-state index is 12.7. The monoisotopic (exact) mass is 317 g/mol. The topological polar surface area (TPSA) is 59.2 Å². The average Bonchev–Trinajstić information content (AvgIpc) is 2.80. The van der Waals surface area contributed by atoms with Crippen LogP contribution in [0.1, 0.15) is 22.2 Å². The zero-order valence-corrected chi connectivity index (χ0v) is 11.6. The number of halogens is 3. The number of aromatic amines is 1. The first-order valence-electron chi connectivity index (χ1n) is 5.90. The van der Waals surface area contributed by atoms with Gasteiger partial charge in [0.2, 0.25) is 0 Å². The fourth-order valence-corrected chi connectivity index (χ4v) is 2.47. The summed E-state index contributed by atoms with van der Waals surface area (Å²) < 4.78 is 42.9. The lowest BCUT2D eigenvalue weighted by Crippen LogP contribution is -2.06. The molecule has 1 aromatic carbocycles. The van der Waals surface area contributed by atoms with Crippen molar-refractivity contribution in [1.29, 1.82) is 0 Å². The molecule has 0 spiro atoms. The molecule has 0 bridgehead atoms. The van der Waals surface area contributed by atoms with Gasteiger partial charge in [0, 0.05) is 5.56 Å². The fourth-order valence-electron chi connectivity index (χ4n) is 1.72. The molecule has 4 nitrogen and oxygen atoms in total. The molecule has 0 aliphatic rings. The van der Waals surface area contributed by atoms with E-state index < -0.39 is 22.6 Å². The van der Waals surface area contributed by atoms with Crippen LogP contribution in [0.5, 0.6) is 0 Å². The molecule has 1 heterocycles. The number of nitrogens with one attached hydrogen (secondary N) is 1. The van der Waals surface area contributed by atoms with Crippen LogP contribution in [0, 0.1) is 0 Å². The molecule has 2 aromatic rings. The van der Waals surface area contributed by atoms with Crippen molar-refractivity contribution in [2.75, 3.05) is 6.61 Å². The standard InChI is InChI=1S/C13H10F3NO3S/c1-2-20-11(18)10-9(17-12(19)21-10)7-4-3-5-8(6-7)13(14,15)16/h3-6H,2H2,1H3,(H,17,19). The third-order valence-electron chi connectivity index (χ3n) is 2.59. The van der Waals surface area contributed by atoms with Gasteiger partial charge in [-0.25, -0.2) is 4.79 Å². The number of carbonyl (C=O) groups is 1. The molecule has 21 heavy (non-hydrogen) atoms. The van der Waals surface area contributed by atoms with Gasteiger partial charge in [-0.2, -0.15) is 13.2 Å². The Balaban J connectivity index is 2.52. The van der Waals surface area contributed by atoms with Crippen LogP contribution in [0.2, 0.25) is 0 Å². The summed E-state index contributed by atoms with van der Waals surface area (Å²) in [7, 11) is 0. The highest BCUT2D eigenvalue weighted by molar-refractivity contribution is 7.11. The molecule has 0 saturated heterocycles. The predicted molar refractivity (Wildman–Crippen MR) is 71.3 cm³/mol. The minimum atomic E-state index is -4.50. The van der Waals surface area contributed by atoms with Gasteiger partial charge in [-0.15, -0.1) is 0 Å². The Morgan fingerprint density at radius 3 is 2.71 bits per heavy atom. The van der Waals surface area contributed by atoms with Crippen LogP contribution in [0.3, 0.4) is 0 Å². The van der Waals surface area contributed by atoms with Gasteiger partial charge in [0.25, 0.3) is 0 Å². The predicted octanol–water partition coefficient (Wildman–Crippen LogP) is 3.30. The van der Waals surface area contributed by atoms with Crippen LogP contribution in [0.4, 0.5) is 13.2 Å². The summed E-state index contributed by atoms with van der Waals surface area (Å²) in [6.45, 7) is 1.70. The first-order valence-corrected chi connectivity index (χ1v) is 6.72. The summed E-state index contributed by atoms with van der Waals surface area (Å²) in [6, 6.07) is 4.39. The van der Waals surface area contributed by atoms with Crippen molar-refractivity contribution in [2.24, 2.45) is 0 Å². The maximum atomic E-state index is 12.7. The summed E-state index contributed by atoms with van der Waals surface area (Å²) in [5, 5.41) is 0. The second-order valence-corrected chi connectivity index (χ2v) is 5.00. The molecule has 0 atom stereocenters. The van der Waals surface area contributed by atoms with Gasteiger partial charge in [-0.05, 0) is 19.1 Å². The van der Waals surface area contributed by atoms with Crippen molar-refractivity contribution in [3.05, 3.63) is 44.4 Å². The molecule has 0 unspecified atom stereocenters. The summed E-state index contributed by atoms with van der Waals surface area (Å²) in [5.41, 5.74) is -0.720. The number of thiazole rings is 1. The van der Waals surface area contributed by atoms with E-state index >= 15 is 0 Å². The van der Waals surface area contributed by atoms with Crippen molar-refractivity contribution in [2.45, 2.75) is 13.1 Å². The van der Waals surface area contributed by atoms with Gasteiger partial charge in [-0.1, -0.05) is 23.5 Å². The third-order valence-corrected chi connectivity index (χ3v) is 3.45. The molecule has 8 heteroatoms. The number of esters is 1. The summed E-state index contributed by atoms with van der Waals surface area (Å²) in [4.78, 5) is 24.9. The molecule has 112 valence electrons. The number of hydrogen-bond acceptors (Lipinski definition) is 4. The second kappa shape index (κ2) is 5.72. The van der Waals surface area contributed by atoms with E-state index in [9.17, 15) is 22.8 Å². The molecule has 0 aliphatic heterocycles. The van der Waals surface area contributed by atoms with Crippen LogP contribution in [0.15, 0.2) is 29.1 Å². The average molecular weight is 317 g/mol. The number of rotatable bonds is 3. The highest BCUT2D eigenvalue weighted by Crippen LogP contribution is 2.33. The second-order valence-electron chi connectivity index (χ2n) is 4.02. The largest absolute Gasteiger partial charge is 0.462 e. The SMILES string of the molecule is CCOC(=O)c1sc(=O)[nH]c1-c1cccc(C(F)(F)F)c1. The molecule has 0 fully saturated rings. The summed E-state index contributed by atoms with van der Waals surface area (Å²) in [5.74, 6) is -0.742. The molecular weight excluding hydrogens is 307 g/mol. The van der Waals surface area contributed by atoms with E-state index in [1.54, 1.807) is 6.92 Å². The molecule has 0 amide bonds. The lowest BCUT2D eigenvalue weighted by atomic mass is 10.1. The van der Waals surface area contributed by atoms with Crippen molar-refractivity contribution in [1.82, 2.24) is 4.98 Å². The minimum Gasteiger partial charge on any atom is -0.462 e. The zero-order chi connectivity index (χ0) is 15.6. The molecule has 0 aliphatic carbocycles. The van der Waals surface area contributed by atoms with E-state index in [0.29, 0.717) is 11.3 Å². The number of ether oxygens (including phenoxy) is 1. The molecule has 0 saturated carbocycles. The molecular formula is C13H10F3NO3S. The fraction of sp³-hybridized carbons (Fsp3) is 0.231. The Morgan fingerprint density at radius 2 is 2.10 bits per heavy atom. The van der Waals surface area contributed by atoms with Crippen molar-refractivity contribution >= 4 is 17.3 Å². The first-order chi connectivity index (χ1) is 9.82. The quantitative estimate of drug-likeness (QED) is 0.884. The minimum absolute atomic E-state index is 0.0366. The zero-order valence-electron chi connectivity index (χ0n) is 10.8. The van der Waals surface area contributed by atoms with Crippen LogP contribution in [-0.4, -0.2) is 17.6 Å². The summed E-state index contributed by atoms with van der Waals surface area (Å²) in [6.07, 6.45) is -4.50. The Bertz CT molecular complexity index is 718. The Labute approximate surface area is 121 Å². The van der Waals surface area contributed by atoms with Crippen molar-refractivity contribution in [3.8, 4) is 11.3 Å². The van der Waals surface area contributed by atoms with Crippen LogP contribution in [-0.2, 0) is 10.9 Å². The normalized spacial score (nSPS) is 11.4.